The summed E-state index contributed by atoms with van der Waals surface area (Å²) < 4.78 is 0. The van der Waals surface area contributed by atoms with Gasteiger partial charge in [-0.15, -0.1) is 0 Å². The van der Waals surface area contributed by atoms with Gasteiger partial charge in [0.05, 0.1) is 0 Å². The maximum Gasteiger partial charge on any atom is -0.00424 e. The summed E-state index contributed by atoms with van der Waals surface area (Å²) in [7, 11) is 0. The summed E-state index contributed by atoms with van der Waals surface area (Å²) in [6.07, 6.45) is 3.05. The van der Waals surface area contributed by atoms with Crippen molar-refractivity contribution >= 4 is 0 Å². The fourth-order valence-corrected chi connectivity index (χ4v) is 0.864. The van der Waals surface area contributed by atoms with Crippen LogP contribution in [-0.4, -0.2) is 6.54 Å². The van der Waals surface area contributed by atoms with Crippen molar-refractivity contribution in [1.29, 1.82) is 0 Å². The quantitative estimate of drug-likeness (QED) is 0.664. The third-order valence-corrected chi connectivity index (χ3v) is 1.39. The van der Waals surface area contributed by atoms with Gasteiger partial charge in [0.25, 0.3) is 0 Å². The molecule has 1 nitrogen and oxygen atoms in total. The van der Waals surface area contributed by atoms with Gasteiger partial charge in [0.15, 0.2) is 0 Å². The van der Waals surface area contributed by atoms with Crippen LogP contribution in [0.1, 0.15) is 5.56 Å². The lowest BCUT2D eigenvalue weighted by molar-refractivity contribution is 1.03. The summed E-state index contributed by atoms with van der Waals surface area (Å²) >= 11 is 0. The molecule has 0 heterocycles. The van der Waals surface area contributed by atoms with Gasteiger partial charge in [0.2, 0.25) is 0 Å². The number of hydrogen-bond donors (Lipinski definition) is 1. The van der Waals surface area contributed by atoms with Crippen LogP contribution < -0.4 is 5.73 Å². The zero-order chi connectivity index (χ0) is 7.23. The SMILES string of the molecule is NC[CH]Cc1ccccc1. The fraction of sp³-hybridized carbons (Fsp3) is 0.222. The van der Waals surface area contributed by atoms with Crippen LogP contribution in [0.2, 0.25) is 0 Å². The Morgan fingerprint density at radius 1 is 1.20 bits per heavy atom. The van der Waals surface area contributed by atoms with E-state index in [1.54, 1.807) is 0 Å². The Bertz CT molecular complexity index is 169. The normalized spacial score (nSPS) is 9.70. The Morgan fingerprint density at radius 3 is 2.50 bits per heavy atom. The molecule has 0 saturated carbocycles. The van der Waals surface area contributed by atoms with Gasteiger partial charge >= 0.3 is 0 Å². The molecule has 0 spiro atoms. The van der Waals surface area contributed by atoms with Crippen LogP contribution in [0.5, 0.6) is 0 Å². The van der Waals surface area contributed by atoms with E-state index >= 15 is 0 Å². The van der Waals surface area contributed by atoms with Crippen molar-refractivity contribution in [3.05, 3.63) is 42.3 Å². The fourth-order valence-electron chi connectivity index (χ4n) is 0.864. The van der Waals surface area contributed by atoms with Crippen molar-refractivity contribution in [3.8, 4) is 0 Å². The second kappa shape index (κ2) is 4.07. The maximum absolute atomic E-state index is 5.32. The molecule has 0 unspecified atom stereocenters. The number of hydrogen-bond acceptors (Lipinski definition) is 1. The Morgan fingerprint density at radius 2 is 1.90 bits per heavy atom. The molecule has 1 aromatic rings. The molecular weight excluding hydrogens is 122 g/mol. The lowest BCUT2D eigenvalue weighted by Gasteiger charge is -1.96. The first-order valence-corrected chi connectivity index (χ1v) is 3.49. The van der Waals surface area contributed by atoms with E-state index in [0.29, 0.717) is 6.54 Å². The molecule has 0 saturated heterocycles. The standard InChI is InChI=1S/C9H12N/c10-8-4-7-9-5-2-1-3-6-9/h1-6H,7-8,10H2. The number of nitrogens with two attached hydrogens (primary N) is 1. The first kappa shape index (κ1) is 7.29. The molecule has 0 amide bonds. The van der Waals surface area contributed by atoms with Crippen molar-refractivity contribution in [1.82, 2.24) is 0 Å². The van der Waals surface area contributed by atoms with E-state index < -0.39 is 0 Å². The molecule has 0 aliphatic rings. The molecule has 53 valence electrons. The molecule has 1 rings (SSSR count). The highest BCUT2D eigenvalue weighted by Crippen LogP contribution is 1.99. The summed E-state index contributed by atoms with van der Waals surface area (Å²) in [5.41, 5.74) is 6.65. The molecule has 1 radical (unpaired) electrons. The highest BCUT2D eigenvalue weighted by Gasteiger charge is 1.87. The number of rotatable bonds is 3. The van der Waals surface area contributed by atoms with Gasteiger partial charge < -0.3 is 5.73 Å². The second-order valence-corrected chi connectivity index (χ2v) is 2.21. The molecule has 0 atom stereocenters. The Labute approximate surface area is 61.9 Å². The van der Waals surface area contributed by atoms with Crippen molar-refractivity contribution in [2.75, 3.05) is 6.54 Å². The van der Waals surface area contributed by atoms with Crippen LogP contribution in [0.3, 0.4) is 0 Å². The topological polar surface area (TPSA) is 26.0 Å². The summed E-state index contributed by atoms with van der Waals surface area (Å²) in [6, 6.07) is 10.3. The minimum absolute atomic E-state index is 0.662. The summed E-state index contributed by atoms with van der Waals surface area (Å²) in [5.74, 6) is 0. The van der Waals surface area contributed by atoms with Crippen molar-refractivity contribution in [2.45, 2.75) is 6.42 Å². The van der Waals surface area contributed by atoms with Crippen LogP contribution in [0.25, 0.3) is 0 Å². The Balaban J connectivity index is 2.43. The van der Waals surface area contributed by atoms with E-state index in [9.17, 15) is 0 Å². The van der Waals surface area contributed by atoms with Crippen LogP contribution in [0.15, 0.2) is 30.3 Å². The zero-order valence-corrected chi connectivity index (χ0v) is 5.96. The summed E-state index contributed by atoms with van der Waals surface area (Å²) in [6.45, 7) is 0.662. The van der Waals surface area contributed by atoms with E-state index in [-0.39, 0.29) is 0 Å². The van der Waals surface area contributed by atoms with Crippen molar-refractivity contribution in [2.24, 2.45) is 5.73 Å². The largest absolute Gasteiger partial charge is 0.330 e. The first-order valence-electron chi connectivity index (χ1n) is 3.49. The van der Waals surface area contributed by atoms with Crippen LogP contribution in [-0.2, 0) is 6.42 Å². The van der Waals surface area contributed by atoms with E-state index in [1.165, 1.54) is 5.56 Å². The third-order valence-electron chi connectivity index (χ3n) is 1.39. The molecule has 10 heavy (non-hydrogen) atoms. The average Bonchev–Trinajstić information content (AvgIpc) is 2.03. The van der Waals surface area contributed by atoms with Gasteiger partial charge in [0.1, 0.15) is 0 Å². The Hall–Kier alpha value is -0.820. The molecule has 0 aliphatic carbocycles. The lowest BCUT2D eigenvalue weighted by atomic mass is 10.1. The van der Waals surface area contributed by atoms with Crippen molar-refractivity contribution in [3.63, 3.8) is 0 Å². The predicted octanol–water partition coefficient (Wildman–Crippen LogP) is 1.39. The van der Waals surface area contributed by atoms with Gasteiger partial charge in [0, 0.05) is 0 Å². The molecule has 0 fully saturated rings. The monoisotopic (exact) mass is 134 g/mol. The van der Waals surface area contributed by atoms with Gasteiger partial charge in [-0.3, -0.25) is 0 Å². The van der Waals surface area contributed by atoms with E-state index in [1.807, 2.05) is 18.2 Å². The van der Waals surface area contributed by atoms with Crippen LogP contribution in [0.4, 0.5) is 0 Å². The van der Waals surface area contributed by atoms with Gasteiger partial charge in [-0.05, 0) is 24.9 Å². The summed E-state index contributed by atoms with van der Waals surface area (Å²) in [4.78, 5) is 0. The van der Waals surface area contributed by atoms with Gasteiger partial charge in [-0.1, -0.05) is 30.3 Å². The number of benzene rings is 1. The maximum atomic E-state index is 5.32. The highest BCUT2D eigenvalue weighted by molar-refractivity contribution is 5.16. The molecule has 0 bridgehead atoms. The third kappa shape index (κ3) is 2.19. The van der Waals surface area contributed by atoms with Crippen molar-refractivity contribution < 1.29 is 0 Å². The van der Waals surface area contributed by atoms with Gasteiger partial charge in [-0.2, -0.15) is 0 Å². The summed E-state index contributed by atoms with van der Waals surface area (Å²) in [5, 5.41) is 0. The van der Waals surface area contributed by atoms with Crippen LogP contribution >= 0.6 is 0 Å². The average molecular weight is 134 g/mol. The smallest absolute Gasteiger partial charge is 0.00424 e. The Kier molecular flexibility index (Phi) is 2.97. The minimum Gasteiger partial charge on any atom is -0.330 e. The molecule has 1 aromatic carbocycles. The van der Waals surface area contributed by atoms with E-state index in [0.717, 1.165) is 6.42 Å². The highest BCUT2D eigenvalue weighted by atomic mass is 14.5. The molecular formula is C9H12N. The zero-order valence-electron chi connectivity index (χ0n) is 5.96. The molecule has 0 aliphatic heterocycles. The molecule has 1 heteroatoms. The predicted molar refractivity (Wildman–Crippen MR) is 43.5 cm³/mol. The van der Waals surface area contributed by atoms with Crippen LogP contribution in [0, 0.1) is 6.42 Å². The van der Waals surface area contributed by atoms with Gasteiger partial charge in [-0.25, -0.2) is 0 Å². The van der Waals surface area contributed by atoms with E-state index in [2.05, 4.69) is 18.6 Å². The molecule has 0 aromatic heterocycles. The van der Waals surface area contributed by atoms with E-state index in [4.69, 9.17) is 5.73 Å². The second-order valence-electron chi connectivity index (χ2n) is 2.21. The lowest BCUT2D eigenvalue weighted by Crippen LogP contribution is -2.00. The first-order chi connectivity index (χ1) is 4.93. The minimum atomic E-state index is 0.662. The molecule has 2 N–H and O–H groups in total.